The fourth-order valence-electron chi connectivity index (χ4n) is 9.65. The Labute approximate surface area is 377 Å². The van der Waals surface area contributed by atoms with E-state index in [4.69, 9.17) is 23.4 Å². The molecule has 8 aromatic carbocycles. The second kappa shape index (κ2) is 15.4. The van der Waals surface area contributed by atoms with E-state index in [0.29, 0.717) is 6.32 Å². The number of rotatable bonds is 6. The number of anilines is 6. The summed E-state index contributed by atoms with van der Waals surface area (Å²) >= 11 is 0. The second-order valence-electron chi connectivity index (χ2n) is 16.3. The lowest BCUT2D eigenvalue weighted by molar-refractivity contribution is 0.353. The van der Waals surface area contributed by atoms with Gasteiger partial charge < -0.3 is 33.2 Å². The summed E-state index contributed by atoms with van der Waals surface area (Å²) < 4.78 is 34.8. The molecule has 5 heterocycles. The van der Waals surface area contributed by atoms with E-state index in [1.54, 1.807) is 0 Å². The molecular weight excluding hydrogens is 822 g/mol. The molecule has 0 aliphatic carbocycles. The van der Waals surface area contributed by atoms with Gasteiger partial charge in [0.15, 0.2) is 5.75 Å². The van der Waals surface area contributed by atoms with Gasteiger partial charge in [0.05, 0.1) is 22.1 Å². The summed E-state index contributed by atoms with van der Waals surface area (Å²) in [4.78, 5) is 4.49. The predicted molar refractivity (Wildman–Crippen MR) is 263 cm³/mol. The molecule has 0 N–H and O–H groups in total. The number of para-hydroxylation sites is 6. The van der Waals surface area contributed by atoms with Gasteiger partial charge in [0.25, 0.3) is 6.71 Å². The van der Waals surface area contributed by atoms with Crippen molar-refractivity contribution in [2.24, 2.45) is 0 Å². The molecule has 1 unspecified atom stereocenters. The first-order valence-corrected chi connectivity index (χ1v) is 23.2. The first-order chi connectivity index (χ1) is 32.2. The van der Waals surface area contributed by atoms with Crippen LogP contribution in [-0.2, 0) is 0 Å². The smallest absolute Gasteiger partial charge is 0.273 e. The molecule has 0 radical (unpaired) electrons. The Balaban J connectivity index is 0.994. The molecule has 13 rings (SSSR count). The summed E-state index contributed by atoms with van der Waals surface area (Å²) in [6.07, 6.45) is 5.08. The fourth-order valence-corrected chi connectivity index (χ4v) is 12.3. The van der Waals surface area contributed by atoms with Gasteiger partial charge in [0.2, 0.25) is 0 Å². The highest BCUT2D eigenvalue weighted by Gasteiger charge is 2.43. The molecule has 1 aromatic heterocycles. The Bertz CT molecular complexity index is 3280. The largest absolute Gasteiger partial charge is 0.490 e. The van der Waals surface area contributed by atoms with Crippen LogP contribution in [0.2, 0.25) is 6.32 Å². The lowest BCUT2D eigenvalue weighted by atomic mass is 9.39. The molecule has 0 bridgehead atoms. The number of allylic oxidation sites excluding steroid dienone is 2. The number of benzene rings is 8. The third-order valence-electron chi connectivity index (χ3n) is 12.5. The van der Waals surface area contributed by atoms with Crippen molar-refractivity contribution in [3.63, 3.8) is 0 Å². The van der Waals surface area contributed by atoms with Crippen LogP contribution in [0.4, 0.5) is 34.1 Å². The molecule has 0 spiro atoms. The maximum absolute atomic E-state index is 7.15. The molecule has 4 aliphatic rings. The number of hydrogen-bond acceptors (Lipinski definition) is 7. The zero-order chi connectivity index (χ0) is 42.8. The Kier molecular flexibility index (Phi) is 8.91. The first-order valence-electron chi connectivity index (χ1n) is 21.9. The van der Waals surface area contributed by atoms with E-state index in [0.717, 1.165) is 112 Å². The standard InChI is InChI=1S/C56H38BN2O5P/c1-5-17-37(18-6-1)58(38-19-7-2-8-20-38)41-33-47-53-48(34-41)63-54-43-25-13-14-26-44(43)64-56(54)57(53)31-29-52-46(30-32-60-47)62-50-36-42(35-49-55(50)65(52)51-28-16-15-27-45(51)61-49)59(39-21-9-3-10-22-39)40-23-11-4-12-24-40/h1-30,33-36H,31-32H2/b46-30?,52-29+. The van der Waals surface area contributed by atoms with Crippen molar-refractivity contribution in [2.75, 3.05) is 16.4 Å². The quantitative estimate of drug-likeness (QED) is 0.122. The lowest BCUT2D eigenvalue weighted by Crippen LogP contribution is -2.46. The van der Waals surface area contributed by atoms with Crippen molar-refractivity contribution in [2.45, 2.75) is 6.32 Å². The molecule has 1 atom stereocenters. The SMILES string of the molecule is C1=C2Oc3cc(N(c4ccccc4)c4ccccc4)cc4c3P(/C2=C/CB2c3oc5ccccc5c3Oc3cc(N(c5ccccc5)c5ccccc5)cc(c32)OC1)c1ccccc1O4. The molecule has 0 fully saturated rings. The molecular formula is C56H38BN2O5P. The van der Waals surface area contributed by atoms with Gasteiger partial charge in [-0.3, -0.25) is 0 Å². The van der Waals surface area contributed by atoms with E-state index in [9.17, 15) is 0 Å². The van der Waals surface area contributed by atoms with Crippen molar-refractivity contribution in [3.8, 4) is 34.5 Å². The van der Waals surface area contributed by atoms with Gasteiger partial charge in [0, 0.05) is 71.0 Å². The van der Waals surface area contributed by atoms with E-state index >= 15 is 0 Å². The zero-order valence-electron chi connectivity index (χ0n) is 35.0. The number of nitrogens with zero attached hydrogens (tertiary/aromatic N) is 2. The molecule has 7 nitrogen and oxygen atoms in total. The summed E-state index contributed by atoms with van der Waals surface area (Å²) in [5.74, 6) is 5.40. The van der Waals surface area contributed by atoms with Crippen molar-refractivity contribution in [1.29, 1.82) is 0 Å². The van der Waals surface area contributed by atoms with Gasteiger partial charge in [-0.25, -0.2) is 0 Å². The van der Waals surface area contributed by atoms with Crippen LogP contribution in [0.1, 0.15) is 0 Å². The molecule has 9 aromatic rings. The van der Waals surface area contributed by atoms with Crippen LogP contribution in [0, 0.1) is 0 Å². The van der Waals surface area contributed by atoms with Gasteiger partial charge in [-0.05, 0) is 79.1 Å². The van der Waals surface area contributed by atoms with Gasteiger partial charge >= 0.3 is 0 Å². The van der Waals surface area contributed by atoms with Gasteiger partial charge in [0.1, 0.15) is 52.4 Å². The van der Waals surface area contributed by atoms with E-state index in [2.05, 4.69) is 168 Å². The molecule has 4 aliphatic heterocycles. The molecule has 65 heavy (non-hydrogen) atoms. The number of furan rings is 1. The summed E-state index contributed by atoms with van der Waals surface area (Å²) in [5.41, 5.74) is 8.48. The van der Waals surface area contributed by atoms with Crippen LogP contribution in [-0.4, -0.2) is 13.3 Å². The van der Waals surface area contributed by atoms with E-state index in [-0.39, 0.29) is 13.3 Å². The minimum Gasteiger partial charge on any atom is -0.490 e. The molecule has 0 saturated carbocycles. The van der Waals surface area contributed by atoms with Crippen LogP contribution in [0.5, 0.6) is 34.5 Å². The lowest BCUT2D eigenvalue weighted by Gasteiger charge is -2.38. The maximum Gasteiger partial charge on any atom is 0.273 e. The van der Waals surface area contributed by atoms with Crippen molar-refractivity contribution in [3.05, 3.63) is 217 Å². The van der Waals surface area contributed by atoms with E-state index in [1.807, 2.05) is 48.5 Å². The second-order valence-corrected chi connectivity index (χ2v) is 18.4. The monoisotopic (exact) mass is 860 g/mol. The van der Waals surface area contributed by atoms with Gasteiger partial charge in [-0.1, -0.05) is 109 Å². The van der Waals surface area contributed by atoms with Crippen molar-refractivity contribution < 1.29 is 23.4 Å². The van der Waals surface area contributed by atoms with Gasteiger partial charge in [-0.15, -0.1) is 0 Å². The Hall–Kier alpha value is -7.93. The zero-order valence-corrected chi connectivity index (χ0v) is 35.9. The highest BCUT2D eigenvalue weighted by atomic mass is 31.1. The Morgan fingerprint density at radius 2 is 1.00 bits per heavy atom. The fraction of sp³-hybridized carbons (Fsp3) is 0.0357. The maximum atomic E-state index is 7.15. The first kappa shape index (κ1) is 37.6. The minimum absolute atomic E-state index is 0.223. The summed E-state index contributed by atoms with van der Waals surface area (Å²) in [6.45, 7) is 0.0289. The summed E-state index contributed by atoms with van der Waals surface area (Å²) in [5, 5.41) is 4.27. The Morgan fingerprint density at radius 1 is 0.462 bits per heavy atom. The summed E-state index contributed by atoms with van der Waals surface area (Å²) in [6, 6.07) is 66.8. The number of fused-ring (bicyclic) bond motifs is 8. The third-order valence-corrected chi connectivity index (χ3v) is 15.1. The average Bonchev–Trinajstić information content (AvgIpc) is 3.73. The number of hydrogen-bond donors (Lipinski definition) is 0. The van der Waals surface area contributed by atoms with Gasteiger partial charge in [-0.2, -0.15) is 0 Å². The Morgan fingerprint density at radius 3 is 1.65 bits per heavy atom. The van der Waals surface area contributed by atoms with Crippen LogP contribution in [0.25, 0.3) is 11.0 Å². The number of ether oxygens (including phenoxy) is 4. The molecule has 9 heteroatoms. The molecule has 0 saturated heterocycles. The molecule has 310 valence electrons. The third kappa shape index (κ3) is 6.32. The van der Waals surface area contributed by atoms with Crippen LogP contribution in [0.3, 0.4) is 0 Å². The van der Waals surface area contributed by atoms with E-state index in [1.165, 1.54) is 0 Å². The van der Waals surface area contributed by atoms with Crippen molar-refractivity contribution >= 4 is 81.5 Å². The topological polar surface area (TPSA) is 56.5 Å². The normalized spacial score (nSPS) is 15.9. The highest BCUT2D eigenvalue weighted by Crippen LogP contribution is 2.60. The van der Waals surface area contributed by atoms with Crippen LogP contribution < -0.4 is 50.5 Å². The summed E-state index contributed by atoms with van der Waals surface area (Å²) in [7, 11) is -1.12. The van der Waals surface area contributed by atoms with Crippen molar-refractivity contribution in [1.82, 2.24) is 0 Å². The predicted octanol–water partition coefficient (Wildman–Crippen LogP) is 12.9. The molecule has 0 amide bonds. The highest BCUT2D eigenvalue weighted by molar-refractivity contribution is 7.77. The van der Waals surface area contributed by atoms with Crippen LogP contribution >= 0.6 is 7.92 Å². The van der Waals surface area contributed by atoms with E-state index < -0.39 is 7.92 Å². The average molecular weight is 861 g/mol. The minimum atomic E-state index is -1.12. The van der Waals surface area contributed by atoms with Crippen LogP contribution in [0.15, 0.2) is 222 Å².